The van der Waals surface area contributed by atoms with E-state index in [1.54, 1.807) is 11.3 Å². The van der Waals surface area contributed by atoms with Crippen LogP contribution in [0.1, 0.15) is 36.2 Å². The van der Waals surface area contributed by atoms with Gasteiger partial charge in [0.1, 0.15) is 5.82 Å². The molecule has 0 aromatic carbocycles. The van der Waals surface area contributed by atoms with Gasteiger partial charge in [0.05, 0.1) is 0 Å². The predicted molar refractivity (Wildman–Crippen MR) is 92.1 cm³/mol. The molecule has 0 radical (unpaired) electrons. The average molecular weight is 303 g/mol. The predicted octanol–water partition coefficient (Wildman–Crippen LogP) is 3.89. The SMILES string of the molecule is Cc1cc(C)c(CNC(C)C)c(N(C)Cc2ccsc2)n1. The molecule has 0 amide bonds. The molecule has 2 heterocycles. The Hall–Kier alpha value is -1.39. The lowest BCUT2D eigenvalue weighted by atomic mass is 10.1. The molecule has 4 heteroatoms. The average Bonchev–Trinajstić information content (AvgIpc) is 2.89. The number of rotatable bonds is 6. The molecule has 0 spiro atoms. The van der Waals surface area contributed by atoms with Gasteiger partial charge in [0.2, 0.25) is 0 Å². The lowest BCUT2D eigenvalue weighted by Gasteiger charge is -2.23. The molecule has 2 aromatic heterocycles. The van der Waals surface area contributed by atoms with Crippen molar-refractivity contribution in [3.8, 4) is 0 Å². The molecule has 0 unspecified atom stereocenters. The minimum absolute atomic E-state index is 0.473. The topological polar surface area (TPSA) is 28.2 Å². The Labute approximate surface area is 132 Å². The van der Waals surface area contributed by atoms with Crippen LogP contribution in [-0.2, 0) is 13.1 Å². The highest BCUT2D eigenvalue weighted by Crippen LogP contribution is 2.23. The van der Waals surface area contributed by atoms with E-state index in [-0.39, 0.29) is 0 Å². The van der Waals surface area contributed by atoms with Crippen molar-refractivity contribution in [3.05, 3.63) is 45.3 Å². The Morgan fingerprint density at radius 3 is 2.71 bits per heavy atom. The summed E-state index contributed by atoms with van der Waals surface area (Å²) in [5.74, 6) is 1.09. The normalized spacial score (nSPS) is 11.1. The molecular weight excluding hydrogens is 278 g/mol. The molecule has 2 aromatic rings. The Morgan fingerprint density at radius 1 is 1.33 bits per heavy atom. The molecule has 21 heavy (non-hydrogen) atoms. The lowest BCUT2D eigenvalue weighted by molar-refractivity contribution is 0.585. The van der Waals surface area contributed by atoms with Crippen LogP contribution in [0.2, 0.25) is 0 Å². The fraction of sp³-hybridized carbons (Fsp3) is 0.471. The van der Waals surface area contributed by atoms with Crippen LogP contribution in [0.4, 0.5) is 5.82 Å². The zero-order valence-electron chi connectivity index (χ0n) is 13.6. The Kier molecular flexibility index (Phi) is 5.37. The minimum Gasteiger partial charge on any atom is -0.355 e. The molecule has 0 aliphatic rings. The lowest BCUT2D eigenvalue weighted by Crippen LogP contribution is -2.26. The number of hydrogen-bond donors (Lipinski definition) is 1. The van der Waals surface area contributed by atoms with Gasteiger partial charge in [0, 0.05) is 37.4 Å². The number of hydrogen-bond acceptors (Lipinski definition) is 4. The van der Waals surface area contributed by atoms with Gasteiger partial charge in [-0.3, -0.25) is 0 Å². The van der Waals surface area contributed by atoms with Crippen LogP contribution in [0.5, 0.6) is 0 Å². The Balaban J connectivity index is 2.26. The monoisotopic (exact) mass is 303 g/mol. The first-order chi connectivity index (χ1) is 9.97. The van der Waals surface area contributed by atoms with E-state index in [4.69, 9.17) is 4.98 Å². The summed E-state index contributed by atoms with van der Waals surface area (Å²) < 4.78 is 0. The summed E-state index contributed by atoms with van der Waals surface area (Å²) in [6, 6.07) is 4.82. The van der Waals surface area contributed by atoms with Gasteiger partial charge < -0.3 is 10.2 Å². The van der Waals surface area contributed by atoms with Gasteiger partial charge in [0.25, 0.3) is 0 Å². The second kappa shape index (κ2) is 7.05. The minimum atomic E-state index is 0.473. The van der Waals surface area contributed by atoms with Gasteiger partial charge >= 0.3 is 0 Å². The van der Waals surface area contributed by atoms with Crippen LogP contribution >= 0.6 is 11.3 Å². The van der Waals surface area contributed by atoms with Crippen molar-refractivity contribution in [2.75, 3.05) is 11.9 Å². The van der Waals surface area contributed by atoms with Crippen molar-refractivity contribution < 1.29 is 0 Å². The highest BCUT2D eigenvalue weighted by molar-refractivity contribution is 7.07. The maximum Gasteiger partial charge on any atom is 0.133 e. The van der Waals surface area contributed by atoms with E-state index in [1.165, 1.54) is 16.7 Å². The van der Waals surface area contributed by atoms with Gasteiger partial charge in [-0.05, 0) is 47.9 Å². The number of thiophene rings is 1. The molecule has 0 bridgehead atoms. The van der Waals surface area contributed by atoms with Crippen LogP contribution in [0.15, 0.2) is 22.9 Å². The molecule has 0 aliphatic carbocycles. The first-order valence-corrected chi connectivity index (χ1v) is 8.34. The van der Waals surface area contributed by atoms with Crippen LogP contribution in [-0.4, -0.2) is 18.1 Å². The smallest absolute Gasteiger partial charge is 0.133 e. The molecule has 0 saturated heterocycles. The summed E-state index contributed by atoms with van der Waals surface area (Å²) in [4.78, 5) is 7.03. The molecule has 0 atom stereocenters. The summed E-state index contributed by atoms with van der Waals surface area (Å²) in [5, 5.41) is 7.84. The third kappa shape index (κ3) is 4.29. The number of aryl methyl sites for hydroxylation is 2. The number of nitrogens with one attached hydrogen (secondary N) is 1. The maximum absolute atomic E-state index is 4.78. The van der Waals surface area contributed by atoms with Crippen LogP contribution in [0, 0.1) is 13.8 Å². The van der Waals surface area contributed by atoms with E-state index < -0.39 is 0 Å². The van der Waals surface area contributed by atoms with E-state index in [0.717, 1.165) is 24.6 Å². The van der Waals surface area contributed by atoms with E-state index in [1.807, 2.05) is 0 Å². The number of nitrogens with zero attached hydrogens (tertiary/aromatic N) is 2. The fourth-order valence-corrected chi connectivity index (χ4v) is 3.08. The molecule has 2 rings (SSSR count). The van der Waals surface area contributed by atoms with Crippen molar-refractivity contribution in [1.82, 2.24) is 10.3 Å². The Morgan fingerprint density at radius 2 is 2.10 bits per heavy atom. The van der Waals surface area contributed by atoms with Crippen LogP contribution in [0.25, 0.3) is 0 Å². The summed E-state index contributed by atoms with van der Waals surface area (Å²) >= 11 is 1.74. The zero-order valence-corrected chi connectivity index (χ0v) is 14.4. The summed E-state index contributed by atoms with van der Waals surface area (Å²) in [7, 11) is 2.12. The quantitative estimate of drug-likeness (QED) is 0.877. The van der Waals surface area contributed by atoms with Crippen molar-refractivity contribution in [2.45, 2.75) is 46.8 Å². The standard InChI is InChI=1S/C17H25N3S/c1-12(2)18-9-16-13(3)8-14(4)19-17(16)20(5)10-15-6-7-21-11-15/h6-8,11-12,18H,9-10H2,1-5H3. The van der Waals surface area contributed by atoms with Gasteiger partial charge in [-0.15, -0.1) is 0 Å². The molecule has 0 aliphatic heterocycles. The van der Waals surface area contributed by atoms with Crippen molar-refractivity contribution in [3.63, 3.8) is 0 Å². The van der Waals surface area contributed by atoms with Crippen LogP contribution in [0.3, 0.4) is 0 Å². The van der Waals surface area contributed by atoms with Gasteiger partial charge in [-0.25, -0.2) is 4.98 Å². The largest absolute Gasteiger partial charge is 0.355 e. The molecule has 0 fully saturated rings. The van der Waals surface area contributed by atoms with Crippen LogP contribution < -0.4 is 10.2 Å². The molecular formula is C17H25N3S. The summed E-state index contributed by atoms with van der Waals surface area (Å²) in [6.07, 6.45) is 0. The van der Waals surface area contributed by atoms with Crippen molar-refractivity contribution in [2.24, 2.45) is 0 Å². The van der Waals surface area contributed by atoms with Gasteiger partial charge in [-0.2, -0.15) is 11.3 Å². The van der Waals surface area contributed by atoms with E-state index in [0.29, 0.717) is 6.04 Å². The first-order valence-electron chi connectivity index (χ1n) is 7.40. The fourth-order valence-electron chi connectivity index (χ4n) is 2.42. The number of aromatic nitrogens is 1. The maximum atomic E-state index is 4.78. The third-order valence-electron chi connectivity index (χ3n) is 3.50. The zero-order chi connectivity index (χ0) is 15.4. The first kappa shape index (κ1) is 16.0. The number of pyridine rings is 1. The molecule has 114 valence electrons. The second-order valence-electron chi connectivity index (χ2n) is 5.91. The van der Waals surface area contributed by atoms with E-state index in [9.17, 15) is 0 Å². The Bertz CT molecular complexity index is 576. The third-order valence-corrected chi connectivity index (χ3v) is 4.23. The molecule has 3 nitrogen and oxygen atoms in total. The van der Waals surface area contributed by atoms with E-state index >= 15 is 0 Å². The molecule has 0 saturated carbocycles. The van der Waals surface area contributed by atoms with E-state index in [2.05, 4.69) is 67.9 Å². The summed E-state index contributed by atoms with van der Waals surface area (Å²) in [6.45, 7) is 10.3. The summed E-state index contributed by atoms with van der Waals surface area (Å²) in [5.41, 5.74) is 5.02. The highest BCUT2D eigenvalue weighted by Gasteiger charge is 2.13. The number of anilines is 1. The highest BCUT2D eigenvalue weighted by atomic mass is 32.1. The van der Waals surface area contributed by atoms with Gasteiger partial charge in [-0.1, -0.05) is 13.8 Å². The van der Waals surface area contributed by atoms with Gasteiger partial charge in [0.15, 0.2) is 0 Å². The van der Waals surface area contributed by atoms with Crippen molar-refractivity contribution in [1.29, 1.82) is 0 Å². The molecule has 1 N–H and O–H groups in total. The van der Waals surface area contributed by atoms with Crippen molar-refractivity contribution >= 4 is 17.2 Å². The second-order valence-corrected chi connectivity index (χ2v) is 6.69.